The molecule has 0 spiro atoms. The van der Waals surface area contributed by atoms with Gasteiger partial charge < -0.3 is 10.6 Å². The Morgan fingerprint density at radius 3 is 2.74 bits per heavy atom. The number of carbonyl (C=O) groups excluding carboxylic acids is 1. The number of hydrogen-bond donors (Lipinski definition) is 2. The summed E-state index contributed by atoms with van der Waals surface area (Å²) in [6, 6.07) is 11.1. The average Bonchev–Trinajstić information content (AvgIpc) is 2.90. The summed E-state index contributed by atoms with van der Waals surface area (Å²) in [7, 11) is 1.48. The number of hydrogen-bond acceptors (Lipinski definition) is 7. The topological polar surface area (TPSA) is 116 Å². The molecule has 0 radical (unpaired) electrons. The Balaban J connectivity index is 1.54. The van der Waals surface area contributed by atoms with Crippen LogP contribution in [0.3, 0.4) is 0 Å². The molecule has 0 aliphatic carbocycles. The van der Waals surface area contributed by atoms with E-state index in [1.54, 1.807) is 18.3 Å². The number of halogens is 1. The molecule has 0 aliphatic rings. The first-order valence-electron chi connectivity index (χ1n) is 11.1. The van der Waals surface area contributed by atoms with Gasteiger partial charge in [-0.1, -0.05) is 32.0 Å². The standard InChI is InChI=1S/C26H24FN7O/c1-15(10-31-23-8-22(33-14-34-23)18-7-17(9-28)11-30-12-18)16(2)19-5-4-6-20-24(26(35)29-3)21(27)13-32-25(19)20/h4-8,11-16H,10H2,1-3H3,(H,29,35)(H,31,33,34)/t15-,16?/m1/s1. The number of pyridine rings is 2. The summed E-state index contributed by atoms with van der Waals surface area (Å²) >= 11 is 0. The van der Waals surface area contributed by atoms with E-state index in [9.17, 15) is 9.18 Å². The molecule has 4 rings (SSSR count). The summed E-state index contributed by atoms with van der Waals surface area (Å²) in [4.78, 5) is 29.3. The summed E-state index contributed by atoms with van der Waals surface area (Å²) in [5.74, 6) is -0.273. The van der Waals surface area contributed by atoms with Crippen LogP contribution in [0.1, 0.15) is 41.3 Å². The van der Waals surface area contributed by atoms with Crippen LogP contribution in [0.25, 0.3) is 22.2 Å². The summed E-state index contributed by atoms with van der Waals surface area (Å²) in [6.45, 7) is 4.78. The van der Waals surface area contributed by atoms with Crippen LogP contribution >= 0.6 is 0 Å². The van der Waals surface area contributed by atoms with E-state index < -0.39 is 11.7 Å². The lowest BCUT2D eigenvalue weighted by Crippen LogP contribution is -2.21. The number of nitrogens with zero attached hydrogens (tertiary/aromatic N) is 5. The van der Waals surface area contributed by atoms with E-state index in [0.29, 0.717) is 34.5 Å². The van der Waals surface area contributed by atoms with Crippen molar-refractivity contribution in [1.82, 2.24) is 25.3 Å². The minimum atomic E-state index is -0.647. The Morgan fingerprint density at radius 1 is 1.14 bits per heavy atom. The molecule has 0 saturated heterocycles. The van der Waals surface area contributed by atoms with E-state index in [2.05, 4.69) is 50.5 Å². The molecule has 0 saturated carbocycles. The molecule has 1 amide bonds. The highest BCUT2D eigenvalue weighted by Gasteiger charge is 2.22. The molecule has 1 aromatic carbocycles. The highest BCUT2D eigenvalue weighted by Crippen LogP contribution is 2.32. The van der Waals surface area contributed by atoms with Crippen LogP contribution in [0.15, 0.2) is 55.2 Å². The summed E-state index contributed by atoms with van der Waals surface area (Å²) in [6.07, 6.45) is 5.72. The molecule has 3 aromatic heterocycles. The molecule has 4 aromatic rings. The second-order valence-electron chi connectivity index (χ2n) is 8.31. The van der Waals surface area contributed by atoms with Gasteiger partial charge in [0.25, 0.3) is 5.91 Å². The number of nitrogens with one attached hydrogen (secondary N) is 2. The second-order valence-corrected chi connectivity index (χ2v) is 8.31. The Bertz CT molecular complexity index is 1430. The molecule has 2 atom stereocenters. The molecule has 2 N–H and O–H groups in total. The number of carbonyl (C=O) groups is 1. The van der Waals surface area contributed by atoms with Crippen LogP contribution in [0, 0.1) is 23.1 Å². The lowest BCUT2D eigenvalue weighted by molar-refractivity contribution is 0.0960. The number of aromatic nitrogens is 4. The van der Waals surface area contributed by atoms with Gasteiger partial charge in [0.2, 0.25) is 0 Å². The maximum atomic E-state index is 14.4. The van der Waals surface area contributed by atoms with Crippen LogP contribution < -0.4 is 10.6 Å². The quantitative estimate of drug-likeness (QED) is 0.414. The van der Waals surface area contributed by atoms with Gasteiger partial charge in [-0.2, -0.15) is 5.26 Å². The maximum absolute atomic E-state index is 14.4. The predicted octanol–water partition coefficient (Wildman–Crippen LogP) is 4.31. The van der Waals surface area contributed by atoms with Gasteiger partial charge >= 0.3 is 0 Å². The van der Waals surface area contributed by atoms with E-state index in [1.807, 2.05) is 18.2 Å². The van der Waals surface area contributed by atoms with Crippen LogP contribution in [-0.2, 0) is 0 Å². The van der Waals surface area contributed by atoms with Gasteiger partial charge in [-0.3, -0.25) is 14.8 Å². The molecule has 9 heteroatoms. The minimum Gasteiger partial charge on any atom is -0.370 e. The van der Waals surface area contributed by atoms with Crippen molar-refractivity contribution >= 4 is 22.6 Å². The highest BCUT2D eigenvalue weighted by molar-refractivity contribution is 6.06. The fourth-order valence-corrected chi connectivity index (χ4v) is 3.95. The Hall–Kier alpha value is -4.45. The van der Waals surface area contributed by atoms with Crippen LogP contribution in [0.5, 0.6) is 0 Å². The summed E-state index contributed by atoms with van der Waals surface area (Å²) in [5, 5.41) is 15.4. The number of rotatable bonds is 7. The number of nitriles is 1. The Labute approximate surface area is 202 Å². The average molecular weight is 470 g/mol. The van der Waals surface area contributed by atoms with Crippen molar-refractivity contribution in [3.63, 3.8) is 0 Å². The van der Waals surface area contributed by atoms with Crippen molar-refractivity contribution in [3.8, 4) is 17.3 Å². The Kier molecular flexibility index (Phi) is 6.92. The summed E-state index contributed by atoms with van der Waals surface area (Å²) in [5.41, 5.74) is 3.40. The largest absolute Gasteiger partial charge is 0.370 e. The molecule has 1 unspecified atom stereocenters. The lowest BCUT2D eigenvalue weighted by Gasteiger charge is -2.22. The van der Waals surface area contributed by atoms with Gasteiger partial charge in [-0.05, 0) is 23.5 Å². The maximum Gasteiger partial charge on any atom is 0.254 e. The number of para-hydroxylation sites is 1. The van der Waals surface area contributed by atoms with Crippen molar-refractivity contribution < 1.29 is 9.18 Å². The first kappa shape index (κ1) is 23.7. The molecule has 8 nitrogen and oxygen atoms in total. The van der Waals surface area contributed by atoms with E-state index in [0.717, 1.165) is 17.3 Å². The molecule has 0 bridgehead atoms. The second kappa shape index (κ2) is 10.2. The third-order valence-corrected chi connectivity index (χ3v) is 6.12. The molecule has 0 aliphatic heterocycles. The van der Waals surface area contributed by atoms with Gasteiger partial charge in [0.05, 0.1) is 28.5 Å². The van der Waals surface area contributed by atoms with E-state index in [-0.39, 0.29) is 17.4 Å². The van der Waals surface area contributed by atoms with E-state index in [1.165, 1.54) is 19.6 Å². The number of anilines is 1. The van der Waals surface area contributed by atoms with Crippen molar-refractivity contribution in [2.75, 3.05) is 18.9 Å². The van der Waals surface area contributed by atoms with E-state index >= 15 is 0 Å². The van der Waals surface area contributed by atoms with Gasteiger partial charge in [-0.25, -0.2) is 14.4 Å². The lowest BCUT2D eigenvalue weighted by atomic mass is 9.87. The molecule has 3 heterocycles. The summed E-state index contributed by atoms with van der Waals surface area (Å²) < 4.78 is 14.4. The molecular weight excluding hydrogens is 445 g/mol. The minimum absolute atomic E-state index is 0.000741. The van der Waals surface area contributed by atoms with Crippen molar-refractivity contribution in [1.29, 1.82) is 5.26 Å². The predicted molar refractivity (Wildman–Crippen MR) is 131 cm³/mol. The smallest absolute Gasteiger partial charge is 0.254 e. The third-order valence-electron chi connectivity index (χ3n) is 6.12. The first-order chi connectivity index (χ1) is 16.9. The number of fused-ring (bicyclic) bond motifs is 1. The molecular formula is C26H24FN7O. The van der Waals surface area contributed by atoms with Crippen LogP contribution in [0.4, 0.5) is 10.2 Å². The molecule has 176 valence electrons. The zero-order chi connectivity index (χ0) is 24.9. The van der Waals surface area contributed by atoms with Crippen molar-refractivity contribution in [2.45, 2.75) is 19.8 Å². The zero-order valence-corrected chi connectivity index (χ0v) is 19.6. The highest BCUT2D eigenvalue weighted by atomic mass is 19.1. The van der Waals surface area contributed by atoms with Crippen LogP contribution in [-0.4, -0.2) is 39.4 Å². The first-order valence-corrected chi connectivity index (χ1v) is 11.1. The monoisotopic (exact) mass is 469 g/mol. The van der Waals surface area contributed by atoms with Crippen molar-refractivity contribution in [2.24, 2.45) is 5.92 Å². The zero-order valence-electron chi connectivity index (χ0n) is 19.6. The SMILES string of the molecule is CNC(=O)c1c(F)cnc2c(C(C)[C@H](C)CNc3cc(-c4cncc(C#N)c4)ncn3)cccc12. The van der Waals surface area contributed by atoms with Gasteiger partial charge in [0.1, 0.15) is 18.2 Å². The number of benzene rings is 1. The normalized spacial score (nSPS) is 12.5. The fourth-order valence-electron chi connectivity index (χ4n) is 3.95. The van der Waals surface area contributed by atoms with Gasteiger partial charge in [-0.15, -0.1) is 0 Å². The van der Waals surface area contributed by atoms with Gasteiger partial charge in [0, 0.05) is 43.0 Å². The Morgan fingerprint density at radius 2 is 1.97 bits per heavy atom. The molecule has 0 fully saturated rings. The number of amides is 1. The third kappa shape index (κ3) is 4.92. The fraction of sp³-hybridized carbons (Fsp3) is 0.231. The van der Waals surface area contributed by atoms with E-state index in [4.69, 9.17) is 5.26 Å². The van der Waals surface area contributed by atoms with Crippen molar-refractivity contribution in [3.05, 3.63) is 77.8 Å². The molecule has 35 heavy (non-hydrogen) atoms. The van der Waals surface area contributed by atoms with Gasteiger partial charge in [0.15, 0.2) is 5.82 Å². The van der Waals surface area contributed by atoms with Crippen LogP contribution in [0.2, 0.25) is 0 Å².